The van der Waals surface area contributed by atoms with E-state index in [1.54, 1.807) is 11.8 Å². The Kier molecular flexibility index (Phi) is 7.18. The van der Waals surface area contributed by atoms with Crippen molar-refractivity contribution in [2.75, 3.05) is 19.7 Å². The van der Waals surface area contributed by atoms with Gasteiger partial charge in [-0.2, -0.15) is 0 Å². The maximum atomic E-state index is 12.6. The van der Waals surface area contributed by atoms with E-state index < -0.39 is 10.9 Å². The van der Waals surface area contributed by atoms with Crippen LogP contribution in [0.25, 0.3) is 0 Å². The summed E-state index contributed by atoms with van der Waals surface area (Å²) in [7, 11) is 0. The third-order valence-corrected chi connectivity index (χ3v) is 3.16. The SMILES string of the molecule is CCCN(CCC)C(=O)c1cc(C(=O)OCC)cc([N+](=O)[O-])c1. The van der Waals surface area contributed by atoms with Gasteiger partial charge in [-0.25, -0.2) is 4.79 Å². The fourth-order valence-corrected chi connectivity index (χ4v) is 2.21. The van der Waals surface area contributed by atoms with Gasteiger partial charge in [0, 0.05) is 30.8 Å². The molecule has 7 nitrogen and oxygen atoms in total. The first-order chi connectivity index (χ1) is 10.9. The number of hydrogen-bond donors (Lipinski definition) is 0. The van der Waals surface area contributed by atoms with Gasteiger partial charge in [0.15, 0.2) is 0 Å². The Morgan fingerprint density at radius 2 is 1.65 bits per heavy atom. The van der Waals surface area contributed by atoms with E-state index in [0.29, 0.717) is 13.1 Å². The van der Waals surface area contributed by atoms with Crippen LogP contribution in [0.15, 0.2) is 18.2 Å². The molecule has 0 spiro atoms. The summed E-state index contributed by atoms with van der Waals surface area (Å²) in [6, 6.07) is 3.67. The molecular weight excluding hydrogens is 300 g/mol. The summed E-state index contributed by atoms with van der Waals surface area (Å²) in [5.41, 5.74) is -0.159. The molecule has 7 heteroatoms. The van der Waals surface area contributed by atoms with Crippen molar-refractivity contribution in [3.05, 3.63) is 39.4 Å². The lowest BCUT2D eigenvalue weighted by molar-refractivity contribution is -0.384. The van der Waals surface area contributed by atoms with Crippen LogP contribution in [0.4, 0.5) is 5.69 Å². The van der Waals surface area contributed by atoms with Crippen LogP contribution in [-0.4, -0.2) is 41.4 Å². The predicted octanol–water partition coefficient (Wildman–Crippen LogP) is 3.03. The number of nitrogens with zero attached hydrogens (tertiary/aromatic N) is 2. The zero-order chi connectivity index (χ0) is 17.4. The van der Waals surface area contributed by atoms with Crippen LogP contribution in [0.5, 0.6) is 0 Å². The predicted molar refractivity (Wildman–Crippen MR) is 85.5 cm³/mol. The van der Waals surface area contributed by atoms with Gasteiger partial charge < -0.3 is 9.64 Å². The third-order valence-electron chi connectivity index (χ3n) is 3.16. The van der Waals surface area contributed by atoms with Crippen molar-refractivity contribution in [3.63, 3.8) is 0 Å². The lowest BCUT2D eigenvalue weighted by atomic mass is 10.1. The average Bonchev–Trinajstić information content (AvgIpc) is 2.53. The summed E-state index contributed by atoms with van der Waals surface area (Å²) in [5, 5.41) is 11.1. The number of nitro benzene ring substituents is 1. The second kappa shape index (κ2) is 8.87. The minimum Gasteiger partial charge on any atom is -0.462 e. The maximum absolute atomic E-state index is 12.6. The number of nitro groups is 1. The first-order valence-electron chi connectivity index (χ1n) is 7.70. The monoisotopic (exact) mass is 322 g/mol. The number of hydrogen-bond acceptors (Lipinski definition) is 5. The van der Waals surface area contributed by atoms with E-state index in [1.807, 2.05) is 13.8 Å². The fourth-order valence-electron chi connectivity index (χ4n) is 2.21. The highest BCUT2D eigenvalue weighted by molar-refractivity contribution is 5.99. The van der Waals surface area contributed by atoms with E-state index in [-0.39, 0.29) is 29.3 Å². The van der Waals surface area contributed by atoms with Crippen molar-refractivity contribution >= 4 is 17.6 Å². The molecule has 23 heavy (non-hydrogen) atoms. The summed E-state index contributed by atoms with van der Waals surface area (Å²) in [6.45, 7) is 6.82. The molecule has 0 fully saturated rings. The van der Waals surface area contributed by atoms with Crippen molar-refractivity contribution < 1.29 is 19.2 Å². The third kappa shape index (κ3) is 5.05. The van der Waals surface area contributed by atoms with Gasteiger partial charge in [0.2, 0.25) is 0 Å². The lowest BCUT2D eigenvalue weighted by Crippen LogP contribution is -2.32. The van der Waals surface area contributed by atoms with E-state index in [0.717, 1.165) is 18.9 Å². The van der Waals surface area contributed by atoms with Crippen LogP contribution in [0.2, 0.25) is 0 Å². The van der Waals surface area contributed by atoms with Crippen molar-refractivity contribution in [1.82, 2.24) is 4.90 Å². The smallest absolute Gasteiger partial charge is 0.338 e. The molecule has 1 aromatic carbocycles. The largest absolute Gasteiger partial charge is 0.462 e. The molecule has 0 N–H and O–H groups in total. The number of benzene rings is 1. The van der Waals surface area contributed by atoms with Crippen LogP contribution in [0.1, 0.15) is 54.3 Å². The van der Waals surface area contributed by atoms with E-state index in [9.17, 15) is 19.7 Å². The molecule has 0 aromatic heterocycles. The minimum atomic E-state index is -0.678. The highest BCUT2D eigenvalue weighted by Gasteiger charge is 2.21. The summed E-state index contributed by atoms with van der Waals surface area (Å²) >= 11 is 0. The molecule has 126 valence electrons. The van der Waals surface area contributed by atoms with E-state index in [2.05, 4.69) is 0 Å². The lowest BCUT2D eigenvalue weighted by Gasteiger charge is -2.21. The van der Waals surface area contributed by atoms with Crippen LogP contribution >= 0.6 is 0 Å². The summed E-state index contributed by atoms with van der Waals surface area (Å²) in [4.78, 5) is 36.5. The molecule has 0 heterocycles. The molecule has 1 amide bonds. The zero-order valence-electron chi connectivity index (χ0n) is 13.7. The molecule has 0 unspecified atom stereocenters. The van der Waals surface area contributed by atoms with Crippen LogP contribution in [0, 0.1) is 10.1 Å². The molecule has 0 aliphatic rings. The normalized spacial score (nSPS) is 10.2. The van der Waals surface area contributed by atoms with Gasteiger partial charge in [0.1, 0.15) is 0 Å². The van der Waals surface area contributed by atoms with Gasteiger partial charge in [0.05, 0.1) is 17.1 Å². The van der Waals surface area contributed by atoms with E-state index in [1.165, 1.54) is 12.1 Å². The van der Waals surface area contributed by atoms with E-state index in [4.69, 9.17) is 4.74 Å². The van der Waals surface area contributed by atoms with Gasteiger partial charge >= 0.3 is 5.97 Å². The Labute approximate surface area is 135 Å². The standard InChI is InChI=1S/C16H22N2O5/c1-4-7-17(8-5-2)15(19)12-9-13(16(20)23-6-3)11-14(10-12)18(21)22/h9-11H,4-8H2,1-3H3. The van der Waals surface area contributed by atoms with E-state index >= 15 is 0 Å². The van der Waals surface area contributed by atoms with Crippen LogP contribution < -0.4 is 0 Å². The highest BCUT2D eigenvalue weighted by Crippen LogP contribution is 2.20. The first-order valence-corrected chi connectivity index (χ1v) is 7.70. The molecular formula is C16H22N2O5. The number of amides is 1. The van der Waals surface area contributed by atoms with Crippen molar-refractivity contribution in [3.8, 4) is 0 Å². The maximum Gasteiger partial charge on any atom is 0.338 e. The van der Waals surface area contributed by atoms with Crippen LogP contribution in [0.3, 0.4) is 0 Å². The molecule has 1 rings (SSSR count). The van der Waals surface area contributed by atoms with Crippen LogP contribution in [-0.2, 0) is 4.74 Å². The summed E-state index contributed by atoms with van der Waals surface area (Å²) < 4.78 is 4.87. The van der Waals surface area contributed by atoms with Crippen molar-refractivity contribution in [1.29, 1.82) is 0 Å². The summed E-state index contributed by atoms with van der Waals surface area (Å²) in [5.74, 6) is -0.995. The molecule has 0 saturated carbocycles. The number of rotatable bonds is 8. The Morgan fingerprint density at radius 3 is 2.13 bits per heavy atom. The highest BCUT2D eigenvalue weighted by atomic mass is 16.6. The molecule has 0 saturated heterocycles. The molecule has 0 aliphatic carbocycles. The second-order valence-electron chi connectivity index (χ2n) is 5.04. The minimum absolute atomic E-state index is 0.0114. The van der Waals surface area contributed by atoms with Gasteiger partial charge in [-0.05, 0) is 25.8 Å². The number of carbonyl (C=O) groups is 2. The Balaban J connectivity index is 3.24. The zero-order valence-corrected chi connectivity index (χ0v) is 13.7. The second-order valence-corrected chi connectivity index (χ2v) is 5.04. The number of non-ortho nitro benzene ring substituents is 1. The van der Waals surface area contributed by atoms with Crippen molar-refractivity contribution in [2.45, 2.75) is 33.6 Å². The molecule has 0 bridgehead atoms. The van der Waals surface area contributed by atoms with Gasteiger partial charge in [-0.15, -0.1) is 0 Å². The molecule has 0 aliphatic heterocycles. The number of esters is 1. The molecule has 1 aromatic rings. The quantitative estimate of drug-likeness (QED) is 0.417. The van der Waals surface area contributed by atoms with Gasteiger partial charge in [-0.3, -0.25) is 14.9 Å². The first kappa shape index (κ1) is 18.6. The topological polar surface area (TPSA) is 89.8 Å². The molecule has 0 atom stereocenters. The summed E-state index contributed by atoms with van der Waals surface area (Å²) in [6.07, 6.45) is 1.57. The average molecular weight is 322 g/mol. The van der Waals surface area contributed by atoms with Gasteiger partial charge in [-0.1, -0.05) is 13.8 Å². The Morgan fingerprint density at radius 1 is 1.09 bits per heavy atom. The van der Waals surface area contributed by atoms with Crippen molar-refractivity contribution in [2.24, 2.45) is 0 Å². The number of carbonyl (C=O) groups excluding carboxylic acids is 2. The fraction of sp³-hybridized carbons (Fsp3) is 0.500. The molecule has 0 radical (unpaired) electrons. The van der Waals surface area contributed by atoms with Gasteiger partial charge in [0.25, 0.3) is 11.6 Å². The Bertz CT molecular complexity index is 580. The Hall–Kier alpha value is -2.44. The number of ether oxygens (including phenoxy) is 1.